The van der Waals surface area contributed by atoms with Gasteiger partial charge >= 0.3 is 5.97 Å². The average Bonchev–Trinajstić information content (AvgIpc) is 2.23. The Morgan fingerprint density at radius 2 is 1.94 bits per heavy atom. The summed E-state index contributed by atoms with van der Waals surface area (Å²) in [6.45, 7) is 4.06. The summed E-state index contributed by atoms with van der Waals surface area (Å²) in [5.74, 6) is -1.43. The highest BCUT2D eigenvalue weighted by Gasteiger charge is 2.18. The van der Waals surface area contributed by atoms with E-state index in [-0.39, 0.29) is 18.4 Å². The first-order valence-corrected chi connectivity index (χ1v) is 6.25. The maximum absolute atomic E-state index is 11.5. The van der Waals surface area contributed by atoms with Crippen molar-refractivity contribution in [2.24, 2.45) is 5.73 Å². The summed E-state index contributed by atoms with van der Waals surface area (Å²) in [4.78, 5) is 21.9. The molecule has 2 atom stereocenters. The fourth-order valence-corrected chi connectivity index (χ4v) is 1.58. The SMILES string of the molecule is CCCCCC[C@H](C)NC(=O)[C@H](N)CC(=O)O. The minimum absolute atomic E-state index is 0.0548. The van der Waals surface area contributed by atoms with E-state index >= 15 is 0 Å². The molecule has 5 nitrogen and oxygen atoms in total. The zero-order valence-corrected chi connectivity index (χ0v) is 10.7. The first-order valence-electron chi connectivity index (χ1n) is 6.25. The van der Waals surface area contributed by atoms with Gasteiger partial charge in [-0.05, 0) is 13.3 Å². The molecule has 0 aromatic carbocycles. The molecule has 0 saturated heterocycles. The summed E-state index contributed by atoms with van der Waals surface area (Å²) in [5.41, 5.74) is 5.45. The van der Waals surface area contributed by atoms with Crippen LogP contribution in [-0.4, -0.2) is 29.1 Å². The Morgan fingerprint density at radius 1 is 1.29 bits per heavy atom. The number of carbonyl (C=O) groups is 2. The van der Waals surface area contributed by atoms with Gasteiger partial charge in [-0.25, -0.2) is 0 Å². The Hall–Kier alpha value is -1.10. The number of hydrogen-bond donors (Lipinski definition) is 3. The highest BCUT2D eigenvalue weighted by Crippen LogP contribution is 2.05. The monoisotopic (exact) mass is 244 g/mol. The molecule has 5 heteroatoms. The highest BCUT2D eigenvalue weighted by molar-refractivity contribution is 5.86. The number of carboxylic acids is 1. The molecular formula is C12H24N2O3. The van der Waals surface area contributed by atoms with Crippen molar-refractivity contribution >= 4 is 11.9 Å². The first kappa shape index (κ1) is 15.9. The van der Waals surface area contributed by atoms with Crippen LogP contribution in [0.1, 0.15) is 52.4 Å². The molecule has 0 aliphatic rings. The Bertz CT molecular complexity index is 244. The van der Waals surface area contributed by atoms with E-state index in [4.69, 9.17) is 10.8 Å². The van der Waals surface area contributed by atoms with E-state index in [0.717, 1.165) is 19.3 Å². The fraction of sp³-hybridized carbons (Fsp3) is 0.833. The molecule has 4 N–H and O–H groups in total. The first-order chi connectivity index (χ1) is 7.97. The van der Waals surface area contributed by atoms with E-state index in [2.05, 4.69) is 12.2 Å². The van der Waals surface area contributed by atoms with Gasteiger partial charge in [0.1, 0.15) is 0 Å². The molecule has 0 spiro atoms. The van der Waals surface area contributed by atoms with Gasteiger partial charge in [-0.15, -0.1) is 0 Å². The Balaban J connectivity index is 3.75. The van der Waals surface area contributed by atoms with Crippen LogP contribution >= 0.6 is 0 Å². The van der Waals surface area contributed by atoms with Crippen molar-refractivity contribution < 1.29 is 14.7 Å². The molecular weight excluding hydrogens is 220 g/mol. The molecule has 1 amide bonds. The van der Waals surface area contributed by atoms with Crippen molar-refractivity contribution in [1.82, 2.24) is 5.32 Å². The van der Waals surface area contributed by atoms with Crippen LogP contribution in [0.3, 0.4) is 0 Å². The van der Waals surface area contributed by atoms with Gasteiger partial charge in [0.2, 0.25) is 5.91 Å². The van der Waals surface area contributed by atoms with E-state index in [1.807, 2.05) is 6.92 Å². The van der Waals surface area contributed by atoms with Gasteiger partial charge in [-0.3, -0.25) is 9.59 Å². The maximum atomic E-state index is 11.5. The molecule has 0 aliphatic carbocycles. The lowest BCUT2D eigenvalue weighted by Crippen LogP contribution is -2.45. The normalized spacial score (nSPS) is 14.1. The largest absolute Gasteiger partial charge is 0.481 e. The van der Waals surface area contributed by atoms with Crippen molar-refractivity contribution in [2.45, 2.75) is 64.5 Å². The number of aliphatic carboxylic acids is 1. The van der Waals surface area contributed by atoms with Crippen molar-refractivity contribution in [3.05, 3.63) is 0 Å². The Kier molecular flexibility index (Phi) is 8.40. The number of nitrogens with two attached hydrogens (primary N) is 1. The summed E-state index contributed by atoms with van der Waals surface area (Å²) in [6, 6.07) is -0.898. The molecule has 0 bridgehead atoms. The van der Waals surface area contributed by atoms with Crippen molar-refractivity contribution in [1.29, 1.82) is 0 Å². The number of rotatable bonds is 9. The van der Waals surface area contributed by atoms with E-state index in [9.17, 15) is 9.59 Å². The Morgan fingerprint density at radius 3 is 2.47 bits per heavy atom. The van der Waals surface area contributed by atoms with Crippen LogP contribution in [0.15, 0.2) is 0 Å². The molecule has 0 radical (unpaired) electrons. The second-order valence-corrected chi connectivity index (χ2v) is 4.46. The van der Waals surface area contributed by atoms with Crippen LogP contribution in [0, 0.1) is 0 Å². The number of amides is 1. The van der Waals surface area contributed by atoms with Crippen molar-refractivity contribution in [3.8, 4) is 0 Å². The number of nitrogens with one attached hydrogen (secondary N) is 1. The molecule has 0 aromatic rings. The predicted molar refractivity (Wildman–Crippen MR) is 66.6 cm³/mol. The summed E-state index contributed by atoms with van der Waals surface area (Å²) in [7, 11) is 0. The van der Waals surface area contributed by atoms with Crippen LogP contribution in [0.5, 0.6) is 0 Å². The van der Waals surface area contributed by atoms with Gasteiger partial charge in [0.15, 0.2) is 0 Å². The number of unbranched alkanes of at least 4 members (excludes halogenated alkanes) is 3. The Labute approximate surface area is 103 Å². The molecule has 100 valence electrons. The van der Waals surface area contributed by atoms with Crippen LogP contribution in [0.2, 0.25) is 0 Å². The third-order valence-corrected chi connectivity index (χ3v) is 2.61. The third-order valence-electron chi connectivity index (χ3n) is 2.61. The quantitative estimate of drug-likeness (QED) is 0.532. The maximum Gasteiger partial charge on any atom is 0.305 e. The van der Waals surface area contributed by atoms with Crippen LogP contribution in [-0.2, 0) is 9.59 Å². The molecule has 0 rings (SSSR count). The zero-order valence-electron chi connectivity index (χ0n) is 10.7. The molecule has 0 unspecified atom stereocenters. The average molecular weight is 244 g/mol. The van der Waals surface area contributed by atoms with Crippen LogP contribution in [0.25, 0.3) is 0 Å². The third kappa shape index (κ3) is 8.68. The highest BCUT2D eigenvalue weighted by atomic mass is 16.4. The van der Waals surface area contributed by atoms with E-state index in [0.29, 0.717) is 0 Å². The van der Waals surface area contributed by atoms with Crippen molar-refractivity contribution in [3.63, 3.8) is 0 Å². The second-order valence-electron chi connectivity index (χ2n) is 4.46. The van der Waals surface area contributed by atoms with Gasteiger partial charge in [-0.1, -0.05) is 32.6 Å². The zero-order chi connectivity index (χ0) is 13.3. The molecule has 0 fully saturated rings. The standard InChI is InChI=1S/C12H24N2O3/c1-3-4-5-6-7-9(2)14-12(17)10(13)8-11(15)16/h9-10H,3-8,13H2,1-2H3,(H,14,17)(H,15,16)/t9-,10+/m0/s1. The summed E-state index contributed by atoms with van der Waals surface area (Å²) in [5, 5.41) is 11.2. The molecule has 0 saturated carbocycles. The predicted octanol–water partition coefficient (Wildman–Crippen LogP) is 1.26. The molecule has 0 heterocycles. The van der Waals surface area contributed by atoms with Gasteiger partial charge in [-0.2, -0.15) is 0 Å². The molecule has 0 aliphatic heterocycles. The van der Waals surface area contributed by atoms with Crippen LogP contribution < -0.4 is 11.1 Å². The smallest absolute Gasteiger partial charge is 0.305 e. The van der Waals surface area contributed by atoms with Gasteiger partial charge < -0.3 is 16.2 Å². The number of carboxylic acid groups (broad SMARTS) is 1. The molecule has 0 aromatic heterocycles. The van der Waals surface area contributed by atoms with E-state index in [1.165, 1.54) is 12.8 Å². The van der Waals surface area contributed by atoms with Gasteiger partial charge in [0.25, 0.3) is 0 Å². The minimum atomic E-state index is -1.05. The lowest BCUT2D eigenvalue weighted by molar-refractivity contribution is -0.139. The summed E-state index contributed by atoms with van der Waals surface area (Å²) in [6.07, 6.45) is 5.21. The number of carbonyl (C=O) groups excluding carboxylic acids is 1. The second kappa shape index (κ2) is 8.98. The number of hydrogen-bond acceptors (Lipinski definition) is 3. The minimum Gasteiger partial charge on any atom is -0.481 e. The van der Waals surface area contributed by atoms with E-state index < -0.39 is 12.0 Å². The molecule has 17 heavy (non-hydrogen) atoms. The van der Waals surface area contributed by atoms with Crippen LogP contribution in [0.4, 0.5) is 0 Å². The lowest BCUT2D eigenvalue weighted by Gasteiger charge is -2.16. The van der Waals surface area contributed by atoms with E-state index in [1.54, 1.807) is 0 Å². The topological polar surface area (TPSA) is 92.4 Å². The fourth-order valence-electron chi connectivity index (χ4n) is 1.58. The van der Waals surface area contributed by atoms with Crippen molar-refractivity contribution in [2.75, 3.05) is 0 Å². The van der Waals surface area contributed by atoms with Gasteiger partial charge in [0, 0.05) is 6.04 Å². The van der Waals surface area contributed by atoms with Gasteiger partial charge in [0.05, 0.1) is 12.5 Å². The summed E-state index contributed by atoms with van der Waals surface area (Å²) >= 11 is 0. The lowest BCUT2D eigenvalue weighted by atomic mass is 10.1. The summed E-state index contributed by atoms with van der Waals surface area (Å²) < 4.78 is 0.